The number of hydrogen-bond donors (Lipinski definition) is 6. The highest BCUT2D eigenvalue weighted by molar-refractivity contribution is 5.61. The highest BCUT2D eigenvalue weighted by Gasteiger charge is 2.38. The maximum absolute atomic E-state index is 9.84. The van der Waals surface area contributed by atoms with Crippen LogP contribution < -0.4 is 0 Å². The largest absolute Gasteiger partial charge is 0.508 e. The second kappa shape index (κ2) is 14.4. The topological polar surface area (TPSA) is 121 Å². The van der Waals surface area contributed by atoms with Crippen LogP contribution >= 0.6 is 0 Å². The summed E-state index contributed by atoms with van der Waals surface area (Å²) in [6, 6.07) is 52.8. The van der Waals surface area contributed by atoms with Gasteiger partial charge in [-0.15, -0.1) is 0 Å². The van der Waals surface area contributed by atoms with Gasteiger partial charge in [0.05, 0.1) is 5.41 Å². The summed E-state index contributed by atoms with van der Waals surface area (Å²) in [5, 5.41) is 58.2. The van der Waals surface area contributed by atoms with Crippen molar-refractivity contribution < 1.29 is 30.6 Å². The quantitative estimate of drug-likeness (QED) is 0.0938. The van der Waals surface area contributed by atoms with Crippen LogP contribution in [0.5, 0.6) is 34.5 Å². The van der Waals surface area contributed by atoms with E-state index in [-0.39, 0.29) is 34.5 Å². The molecular formula is C45H38O6. The Kier molecular flexibility index (Phi) is 9.69. The summed E-state index contributed by atoms with van der Waals surface area (Å²) >= 11 is 0. The Morgan fingerprint density at radius 2 is 0.451 bits per heavy atom. The van der Waals surface area contributed by atoms with Crippen molar-refractivity contribution in [3.05, 3.63) is 215 Å². The Hall–Kier alpha value is -6.66. The van der Waals surface area contributed by atoms with Crippen molar-refractivity contribution in [3.8, 4) is 34.5 Å². The lowest BCUT2D eigenvalue weighted by Gasteiger charge is -2.36. The zero-order chi connectivity index (χ0) is 36.0. The van der Waals surface area contributed by atoms with Gasteiger partial charge >= 0.3 is 0 Å². The first-order valence-corrected chi connectivity index (χ1v) is 16.4. The Bertz CT molecular complexity index is 1940. The van der Waals surface area contributed by atoms with Crippen molar-refractivity contribution in [1.29, 1.82) is 0 Å². The molecule has 0 fully saturated rings. The van der Waals surface area contributed by atoms with E-state index >= 15 is 0 Å². The molecule has 0 amide bonds. The van der Waals surface area contributed by atoms with Crippen LogP contribution in [0.2, 0.25) is 0 Å². The second-order valence-electron chi connectivity index (χ2n) is 12.5. The molecule has 0 saturated carbocycles. The van der Waals surface area contributed by atoms with Crippen LogP contribution in [0.3, 0.4) is 0 Å². The van der Waals surface area contributed by atoms with Crippen molar-refractivity contribution in [1.82, 2.24) is 0 Å². The van der Waals surface area contributed by atoms with E-state index in [4.69, 9.17) is 0 Å². The van der Waals surface area contributed by atoms with Gasteiger partial charge in [-0.2, -0.15) is 0 Å². The highest BCUT2D eigenvalue weighted by Crippen LogP contribution is 2.46. The normalized spacial score (nSPS) is 11.3. The average Bonchev–Trinajstić information content (AvgIpc) is 3.15. The third-order valence-electron chi connectivity index (χ3n) is 9.44. The summed E-state index contributed by atoms with van der Waals surface area (Å²) in [6.45, 7) is 2.08. The van der Waals surface area contributed by atoms with E-state index in [0.717, 1.165) is 38.9 Å². The molecule has 7 rings (SSSR count). The lowest BCUT2D eigenvalue weighted by molar-refractivity contribution is 0.472. The molecule has 7 aromatic rings. The zero-order valence-electron chi connectivity index (χ0n) is 27.9. The fourth-order valence-electron chi connectivity index (χ4n) is 6.71. The zero-order valence-corrected chi connectivity index (χ0v) is 27.9. The molecule has 0 aliphatic carbocycles. The van der Waals surface area contributed by atoms with E-state index in [1.54, 1.807) is 72.8 Å². The number of phenolic OH excluding ortho intramolecular Hbond substituents is 6. The monoisotopic (exact) mass is 674 g/mol. The summed E-state index contributed by atoms with van der Waals surface area (Å²) in [5.41, 5.74) is 5.79. The fraction of sp³-hybridized carbons (Fsp3) is 0.0667. The molecule has 6 heteroatoms. The first-order chi connectivity index (χ1) is 24.6. The Morgan fingerprint density at radius 3 is 0.686 bits per heavy atom. The van der Waals surface area contributed by atoms with Crippen LogP contribution in [0.4, 0.5) is 0 Å². The molecule has 0 saturated heterocycles. The van der Waals surface area contributed by atoms with Crippen molar-refractivity contribution in [3.63, 3.8) is 0 Å². The first-order valence-electron chi connectivity index (χ1n) is 16.4. The van der Waals surface area contributed by atoms with E-state index in [9.17, 15) is 30.6 Å². The molecule has 6 N–H and O–H groups in total. The SMILES string of the molecule is CC(c1ccc(O)cc1)(c1ccc(O)cc1)c1ccc(O)cc1.Oc1ccc(C(c2ccccc2)(c2ccc(O)cc2)c2ccc(O)cc2)cc1. The van der Waals surface area contributed by atoms with Crippen LogP contribution in [-0.4, -0.2) is 30.6 Å². The van der Waals surface area contributed by atoms with Gasteiger partial charge in [0.1, 0.15) is 34.5 Å². The maximum Gasteiger partial charge on any atom is 0.115 e. The summed E-state index contributed by atoms with van der Waals surface area (Å²) in [7, 11) is 0. The third kappa shape index (κ3) is 6.94. The summed E-state index contributed by atoms with van der Waals surface area (Å²) in [4.78, 5) is 0. The summed E-state index contributed by atoms with van der Waals surface area (Å²) in [6.07, 6.45) is 0. The van der Waals surface area contributed by atoms with Crippen molar-refractivity contribution in [2.75, 3.05) is 0 Å². The van der Waals surface area contributed by atoms with Crippen LogP contribution in [0.15, 0.2) is 176 Å². The summed E-state index contributed by atoms with van der Waals surface area (Å²) < 4.78 is 0. The second-order valence-corrected chi connectivity index (χ2v) is 12.5. The lowest BCUT2D eigenvalue weighted by Crippen LogP contribution is -2.30. The molecule has 0 radical (unpaired) electrons. The molecule has 0 aliphatic rings. The van der Waals surface area contributed by atoms with Crippen molar-refractivity contribution in [2.45, 2.75) is 17.8 Å². The van der Waals surface area contributed by atoms with Gasteiger partial charge in [-0.1, -0.05) is 103 Å². The minimum atomic E-state index is -0.684. The number of phenols is 6. The predicted octanol–water partition coefficient (Wildman–Crippen LogP) is 9.34. The number of benzene rings is 7. The third-order valence-corrected chi connectivity index (χ3v) is 9.44. The number of aromatic hydroxyl groups is 6. The maximum atomic E-state index is 9.84. The Labute approximate surface area is 297 Å². The molecule has 7 aromatic carbocycles. The molecule has 0 spiro atoms. The number of hydrogen-bond acceptors (Lipinski definition) is 6. The Morgan fingerprint density at radius 1 is 0.255 bits per heavy atom. The molecule has 0 unspecified atom stereocenters. The molecule has 0 bridgehead atoms. The van der Waals surface area contributed by atoms with Crippen LogP contribution in [0, 0.1) is 0 Å². The molecular weight excluding hydrogens is 636 g/mol. The first kappa shape index (κ1) is 34.2. The van der Waals surface area contributed by atoms with Gasteiger partial charge in [0.2, 0.25) is 0 Å². The van der Waals surface area contributed by atoms with E-state index in [0.29, 0.717) is 0 Å². The van der Waals surface area contributed by atoms with E-state index in [2.05, 4.69) is 19.1 Å². The number of rotatable bonds is 7. The molecule has 0 aromatic heterocycles. The van der Waals surface area contributed by atoms with Crippen LogP contribution in [0.1, 0.15) is 45.9 Å². The molecule has 254 valence electrons. The molecule has 0 aliphatic heterocycles. The fourth-order valence-corrected chi connectivity index (χ4v) is 6.71. The van der Waals surface area contributed by atoms with Crippen LogP contribution in [0.25, 0.3) is 0 Å². The average molecular weight is 675 g/mol. The van der Waals surface area contributed by atoms with Gasteiger partial charge in [0.15, 0.2) is 0 Å². The summed E-state index contributed by atoms with van der Waals surface area (Å²) in [5.74, 6) is 1.24. The van der Waals surface area contributed by atoms with Gasteiger partial charge in [0.25, 0.3) is 0 Å². The van der Waals surface area contributed by atoms with Gasteiger partial charge in [-0.05, 0) is 119 Å². The van der Waals surface area contributed by atoms with Crippen molar-refractivity contribution >= 4 is 0 Å². The minimum Gasteiger partial charge on any atom is -0.508 e. The van der Waals surface area contributed by atoms with E-state index < -0.39 is 10.8 Å². The van der Waals surface area contributed by atoms with E-state index in [1.807, 2.05) is 91.0 Å². The van der Waals surface area contributed by atoms with Crippen LogP contribution in [-0.2, 0) is 10.8 Å². The van der Waals surface area contributed by atoms with Crippen molar-refractivity contribution in [2.24, 2.45) is 0 Å². The standard InChI is InChI=1S/C25H20O3.C20H18O3/c26-22-12-6-19(7-13-22)25(18-4-2-1-3-5-18,20-8-14-23(27)15-9-20)21-10-16-24(28)17-11-21;1-20(14-2-8-17(21)9-3-14,15-4-10-18(22)11-5-15)16-6-12-19(23)13-7-16/h1-17,26-28H;2-13,21-23H,1H3. The molecule has 51 heavy (non-hydrogen) atoms. The Balaban J connectivity index is 0.000000179. The van der Waals surface area contributed by atoms with Gasteiger partial charge in [-0.25, -0.2) is 0 Å². The molecule has 0 atom stereocenters. The predicted molar refractivity (Wildman–Crippen MR) is 200 cm³/mol. The highest BCUT2D eigenvalue weighted by atomic mass is 16.3. The molecule has 6 nitrogen and oxygen atoms in total. The van der Waals surface area contributed by atoms with Gasteiger partial charge < -0.3 is 30.6 Å². The van der Waals surface area contributed by atoms with Gasteiger partial charge in [-0.3, -0.25) is 0 Å². The van der Waals surface area contributed by atoms with E-state index in [1.165, 1.54) is 0 Å². The molecule has 0 heterocycles. The lowest BCUT2D eigenvalue weighted by atomic mass is 9.65. The van der Waals surface area contributed by atoms with Gasteiger partial charge in [0, 0.05) is 5.41 Å². The minimum absolute atomic E-state index is 0.196. The smallest absolute Gasteiger partial charge is 0.115 e.